The highest BCUT2D eigenvalue weighted by Crippen LogP contribution is 2.27. The number of pyridine rings is 1. The minimum atomic E-state index is -0.445. The first-order valence-electron chi connectivity index (χ1n) is 5.88. The Hall–Kier alpha value is -1.98. The predicted molar refractivity (Wildman–Crippen MR) is 71.1 cm³/mol. The van der Waals surface area contributed by atoms with Gasteiger partial charge in [-0.1, -0.05) is 12.1 Å². The van der Waals surface area contributed by atoms with E-state index < -0.39 is 6.04 Å². The Bertz CT molecular complexity index is 574. The average molecular weight is 261 g/mol. The second kappa shape index (κ2) is 5.77. The second-order valence-electron chi connectivity index (χ2n) is 4.17. The summed E-state index contributed by atoms with van der Waals surface area (Å²) >= 11 is 0. The molecular weight excluding hydrogens is 245 g/mol. The first-order valence-corrected chi connectivity index (χ1v) is 5.88. The summed E-state index contributed by atoms with van der Waals surface area (Å²) in [5.41, 5.74) is 4.74. The maximum atomic E-state index is 14.1. The molecule has 0 amide bonds. The number of nitrogens with two attached hydrogens (primary N) is 1. The van der Waals surface area contributed by atoms with Crippen molar-refractivity contribution in [2.24, 2.45) is 5.84 Å². The summed E-state index contributed by atoms with van der Waals surface area (Å²) < 4.78 is 19.1. The Balaban J connectivity index is 2.46. The number of hydrogen-bond donors (Lipinski definition) is 2. The number of aryl methyl sites for hydroxylation is 1. The highest BCUT2D eigenvalue weighted by molar-refractivity contribution is 5.37. The molecule has 0 spiro atoms. The third-order valence-corrected chi connectivity index (χ3v) is 3.04. The lowest BCUT2D eigenvalue weighted by molar-refractivity contribution is 0.410. The number of methoxy groups -OCH3 is 1. The van der Waals surface area contributed by atoms with E-state index in [0.29, 0.717) is 11.3 Å². The lowest BCUT2D eigenvalue weighted by atomic mass is 9.97. The van der Waals surface area contributed by atoms with E-state index in [0.717, 1.165) is 11.3 Å². The molecule has 5 heteroatoms. The number of benzene rings is 1. The fraction of sp³-hybridized carbons (Fsp3) is 0.214. The van der Waals surface area contributed by atoms with E-state index >= 15 is 0 Å². The number of rotatable bonds is 4. The zero-order valence-electron chi connectivity index (χ0n) is 10.9. The van der Waals surface area contributed by atoms with Crippen LogP contribution in [0, 0.1) is 12.7 Å². The molecule has 2 rings (SSSR count). The fourth-order valence-corrected chi connectivity index (χ4v) is 2.02. The lowest BCUT2D eigenvalue weighted by Crippen LogP contribution is -2.30. The van der Waals surface area contributed by atoms with E-state index in [2.05, 4.69) is 10.4 Å². The molecule has 0 saturated carbocycles. The Morgan fingerprint density at radius 1 is 1.32 bits per heavy atom. The van der Waals surface area contributed by atoms with Crippen LogP contribution in [0.25, 0.3) is 0 Å². The van der Waals surface area contributed by atoms with Crippen molar-refractivity contribution in [3.63, 3.8) is 0 Å². The summed E-state index contributed by atoms with van der Waals surface area (Å²) in [6.45, 7) is 1.86. The Labute approximate surface area is 111 Å². The number of nitrogens with one attached hydrogen (secondary N) is 1. The number of nitrogens with zero attached hydrogens (tertiary/aromatic N) is 1. The first-order chi connectivity index (χ1) is 9.17. The molecule has 0 radical (unpaired) electrons. The third kappa shape index (κ3) is 2.72. The lowest BCUT2D eigenvalue weighted by Gasteiger charge is -2.19. The number of ether oxygens (including phenoxy) is 1. The van der Waals surface area contributed by atoms with E-state index in [1.807, 2.05) is 13.0 Å². The van der Waals surface area contributed by atoms with E-state index in [1.165, 1.54) is 13.2 Å². The van der Waals surface area contributed by atoms with Gasteiger partial charge in [0.2, 0.25) is 0 Å². The van der Waals surface area contributed by atoms with E-state index in [-0.39, 0.29) is 5.82 Å². The number of aromatic nitrogens is 1. The van der Waals surface area contributed by atoms with Gasteiger partial charge in [-0.15, -0.1) is 0 Å². The van der Waals surface area contributed by atoms with Crippen molar-refractivity contribution >= 4 is 0 Å². The molecule has 100 valence electrons. The van der Waals surface area contributed by atoms with Crippen LogP contribution in [0.5, 0.6) is 5.75 Å². The summed E-state index contributed by atoms with van der Waals surface area (Å²) in [7, 11) is 1.50. The van der Waals surface area contributed by atoms with Gasteiger partial charge in [0.25, 0.3) is 0 Å². The minimum Gasteiger partial charge on any atom is -0.497 e. The van der Waals surface area contributed by atoms with Crippen LogP contribution in [0.3, 0.4) is 0 Å². The van der Waals surface area contributed by atoms with Crippen LogP contribution in [0.4, 0.5) is 4.39 Å². The SMILES string of the molecule is COc1ccc(C(NN)c2cccnc2C)c(F)c1. The van der Waals surface area contributed by atoms with E-state index in [4.69, 9.17) is 10.6 Å². The highest BCUT2D eigenvalue weighted by Gasteiger charge is 2.19. The summed E-state index contributed by atoms with van der Waals surface area (Å²) in [5, 5.41) is 0. The van der Waals surface area contributed by atoms with E-state index in [1.54, 1.807) is 24.4 Å². The van der Waals surface area contributed by atoms with Gasteiger partial charge in [-0.2, -0.15) is 0 Å². The number of hydrazine groups is 1. The topological polar surface area (TPSA) is 60.2 Å². The molecule has 19 heavy (non-hydrogen) atoms. The minimum absolute atomic E-state index is 0.370. The molecule has 1 heterocycles. The van der Waals surface area contributed by atoms with Crippen molar-refractivity contribution in [1.29, 1.82) is 0 Å². The summed E-state index contributed by atoms with van der Waals surface area (Å²) in [4.78, 5) is 4.19. The Kier molecular flexibility index (Phi) is 4.09. The largest absolute Gasteiger partial charge is 0.497 e. The van der Waals surface area contributed by atoms with Gasteiger partial charge in [-0.05, 0) is 24.6 Å². The van der Waals surface area contributed by atoms with Crippen LogP contribution in [-0.2, 0) is 0 Å². The van der Waals surface area contributed by atoms with Crippen LogP contribution in [0.2, 0.25) is 0 Å². The summed E-state index contributed by atoms with van der Waals surface area (Å²) in [5.74, 6) is 5.67. The first kappa shape index (κ1) is 13.5. The molecule has 1 atom stereocenters. The molecule has 0 fully saturated rings. The van der Waals surface area contributed by atoms with E-state index in [9.17, 15) is 4.39 Å². The Morgan fingerprint density at radius 2 is 2.11 bits per heavy atom. The third-order valence-electron chi connectivity index (χ3n) is 3.04. The molecule has 0 aliphatic rings. The summed E-state index contributed by atoms with van der Waals surface area (Å²) in [6, 6.07) is 7.93. The van der Waals surface area contributed by atoms with Crippen molar-refractivity contribution in [2.45, 2.75) is 13.0 Å². The molecule has 0 aliphatic heterocycles. The molecule has 1 aromatic carbocycles. The van der Waals surface area contributed by atoms with Gasteiger partial charge in [0.15, 0.2) is 0 Å². The van der Waals surface area contributed by atoms with Gasteiger partial charge < -0.3 is 4.74 Å². The molecular formula is C14H16FN3O. The maximum absolute atomic E-state index is 14.1. The number of halogens is 1. The second-order valence-corrected chi connectivity index (χ2v) is 4.17. The van der Waals surface area contributed by atoms with Gasteiger partial charge in [-0.25, -0.2) is 9.82 Å². The average Bonchev–Trinajstić information content (AvgIpc) is 2.43. The zero-order chi connectivity index (χ0) is 13.8. The molecule has 1 aromatic heterocycles. The van der Waals surface area contributed by atoms with Gasteiger partial charge in [0.1, 0.15) is 11.6 Å². The molecule has 3 N–H and O–H groups in total. The predicted octanol–water partition coefficient (Wildman–Crippen LogP) is 2.09. The maximum Gasteiger partial charge on any atom is 0.132 e. The van der Waals surface area contributed by atoms with Crippen molar-refractivity contribution in [2.75, 3.05) is 7.11 Å². The van der Waals surface area contributed by atoms with Crippen LogP contribution in [0.1, 0.15) is 22.9 Å². The molecule has 2 aromatic rings. The zero-order valence-corrected chi connectivity index (χ0v) is 10.9. The van der Waals surface area contributed by atoms with Gasteiger partial charge in [0.05, 0.1) is 13.2 Å². The molecule has 1 unspecified atom stereocenters. The van der Waals surface area contributed by atoms with Gasteiger partial charge in [0, 0.05) is 23.5 Å². The summed E-state index contributed by atoms with van der Waals surface area (Å²) in [6.07, 6.45) is 1.69. The van der Waals surface area contributed by atoms with Gasteiger partial charge >= 0.3 is 0 Å². The monoisotopic (exact) mass is 261 g/mol. The molecule has 0 saturated heterocycles. The van der Waals surface area contributed by atoms with Crippen LogP contribution in [-0.4, -0.2) is 12.1 Å². The van der Waals surface area contributed by atoms with Crippen molar-refractivity contribution in [1.82, 2.24) is 10.4 Å². The molecule has 0 bridgehead atoms. The Morgan fingerprint density at radius 3 is 2.68 bits per heavy atom. The molecule has 4 nitrogen and oxygen atoms in total. The molecule has 0 aliphatic carbocycles. The fourth-order valence-electron chi connectivity index (χ4n) is 2.02. The smallest absolute Gasteiger partial charge is 0.132 e. The van der Waals surface area contributed by atoms with Crippen molar-refractivity contribution in [3.05, 3.63) is 59.2 Å². The van der Waals surface area contributed by atoms with Crippen molar-refractivity contribution < 1.29 is 9.13 Å². The standard InChI is InChI=1S/C14H16FN3O/c1-9-11(4-3-7-17-9)14(18-16)12-6-5-10(19-2)8-13(12)15/h3-8,14,18H,16H2,1-2H3. The van der Waals surface area contributed by atoms with Crippen LogP contribution >= 0.6 is 0 Å². The normalized spacial score (nSPS) is 12.2. The highest BCUT2D eigenvalue weighted by atomic mass is 19.1. The number of hydrogen-bond acceptors (Lipinski definition) is 4. The quantitative estimate of drug-likeness (QED) is 0.653. The van der Waals surface area contributed by atoms with Crippen LogP contribution < -0.4 is 16.0 Å². The van der Waals surface area contributed by atoms with Crippen molar-refractivity contribution in [3.8, 4) is 5.75 Å². The van der Waals surface area contributed by atoms with Crippen LogP contribution in [0.15, 0.2) is 36.5 Å². The van der Waals surface area contributed by atoms with Gasteiger partial charge in [-0.3, -0.25) is 10.8 Å².